The van der Waals surface area contributed by atoms with Crippen LogP contribution >= 0.6 is 0 Å². The average molecular weight is 283 g/mol. The summed E-state index contributed by atoms with van der Waals surface area (Å²) in [7, 11) is 0. The Morgan fingerprint density at radius 1 is 1.50 bits per heavy atom. The van der Waals surface area contributed by atoms with Crippen molar-refractivity contribution < 1.29 is 19.5 Å². The minimum Gasteiger partial charge on any atom is -0.481 e. The van der Waals surface area contributed by atoms with Crippen molar-refractivity contribution in [1.82, 2.24) is 15.5 Å². The van der Waals surface area contributed by atoms with E-state index in [1.54, 1.807) is 0 Å². The first-order valence-corrected chi connectivity index (χ1v) is 7.03. The van der Waals surface area contributed by atoms with Crippen LogP contribution in [0.5, 0.6) is 0 Å². The standard InChI is InChI=1S/C13H21N3O4/c1-8(9-2-3-9)7-15-13(20)16-5-4-14-12(19)10(16)6-11(17)18/h8-10H,2-7H2,1H3,(H,14,19)(H,15,20)(H,17,18). The predicted molar refractivity (Wildman–Crippen MR) is 71.0 cm³/mol. The average Bonchev–Trinajstić information content (AvgIpc) is 3.21. The van der Waals surface area contributed by atoms with Gasteiger partial charge in [0.15, 0.2) is 0 Å². The van der Waals surface area contributed by atoms with Gasteiger partial charge in [0.1, 0.15) is 6.04 Å². The third-order valence-corrected chi connectivity index (χ3v) is 3.96. The predicted octanol–water partition coefficient (Wildman–Crippen LogP) is 0.0172. The molecule has 0 aromatic carbocycles. The Balaban J connectivity index is 1.90. The van der Waals surface area contributed by atoms with E-state index in [4.69, 9.17) is 5.11 Å². The first-order chi connectivity index (χ1) is 9.49. The van der Waals surface area contributed by atoms with Crippen LogP contribution in [0.1, 0.15) is 26.2 Å². The number of carboxylic acids is 1. The number of rotatable bonds is 5. The molecule has 0 bridgehead atoms. The van der Waals surface area contributed by atoms with E-state index in [-0.39, 0.29) is 12.5 Å². The molecule has 7 nitrogen and oxygen atoms in total. The van der Waals surface area contributed by atoms with Gasteiger partial charge >= 0.3 is 12.0 Å². The van der Waals surface area contributed by atoms with Crippen molar-refractivity contribution in [2.75, 3.05) is 19.6 Å². The Kier molecular flexibility index (Phi) is 4.46. The fraction of sp³-hybridized carbons (Fsp3) is 0.769. The minimum atomic E-state index is -1.09. The second-order valence-corrected chi connectivity index (χ2v) is 5.60. The molecule has 0 radical (unpaired) electrons. The van der Waals surface area contributed by atoms with Crippen molar-refractivity contribution >= 4 is 17.9 Å². The summed E-state index contributed by atoms with van der Waals surface area (Å²) in [6.07, 6.45) is 2.06. The largest absolute Gasteiger partial charge is 0.481 e. The summed E-state index contributed by atoms with van der Waals surface area (Å²) in [6.45, 7) is 3.37. The number of carboxylic acid groups (broad SMARTS) is 1. The highest BCUT2D eigenvalue weighted by Crippen LogP contribution is 2.36. The van der Waals surface area contributed by atoms with E-state index in [9.17, 15) is 14.4 Å². The van der Waals surface area contributed by atoms with Crippen molar-refractivity contribution in [3.05, 3.63) is 0 Å². The van der Waals surface area contributed by atoms with Gasteiger partial charge in [-0.2, -0.15) is 0 Å². The maximum absolute atomic E-state index is 12.1. The molecule has 2 rings (SSSR count). The van der Waals surface area contributed by atoms with Gasteiger partial charge < -0.3 is 20.6 Å². The lowest BCUT2D eigenvalue weighted by atomic mass is 10.1. The van der Waals surface area contributed by atoms with E-state index >= 15 is 0 Å². The summed E-state index contributed by atoms with van der Waals surface area (Å²) in [5.41, 5.74) is 0. The van der Waals surface area contributed by atoms with Gasteiger partial charge in [0, 0.05) is 19.6 Å². The zero-order chi connectivity index (χ0) is 14.7. The van der Waals surface area contributed by atoms with Crippen LogP contribution in [-0.2, 0) is 9.59 Å². The maximum atomic E-state index is 12.1. The van der Waals surface area contributed by atoms with E-state index in [1.807, 2.05) is 0 Å². The fourth-order valence-electron chi connectivity index (χ4n) is 2.51. The lowest BCUT2D eigenvalue weighted by Gasteiger charge is -2.34. The molecular formula is C13H21N3O4. The van der Waals surface area contributed by atoms with Crippen molar-refractivity contribution in [2.45, 2.75) is 32.2 Å². The molecule has 3 amide bonds. The second-order valence-electron chi connectivity index (χ2n) is 5.60. The topological polar surface area (TPSA) is 98.7 Å². The number of urea groups is 1. The highest BCUT2D eigenvalue weighted by Gasteiger charge is 2.35. The molecule has 1 aliphatic carbocycles. The van der Waals surface area contributed by atoms with E-state index in [0.29, 0.717) is 31.5 Å². The van der Waals surface area contributed by atoms with Gasteiger partial charge in [0.25, 0.3) is 0 Å². The maximum Gasteiger partial charge on any atom is 0.318 e. The van der Waals surface area contributed by atoms with E-state index < -0.39 is 17.9 Å². The molecule has 2 atom stereocenters. The Hall–Kier alpha value is -1.79. The van der Waals surface area contributed by atoms with Crippen LogP contribution < -0.4 is 10.6 Å². The third-order valence-electron chi connectivity index (χ3n) is 3.96. The molecule has 2 unspecified atom stereocenters. The normalized spacial score (nSPS) is 23.9. The van der Waals surface area contributed by atoms with Gasteiger partial charge in [0.2, 0.25) is 5.91 Å². The smallest absolute Gasteiger partial charge is 0.318 e. The van der Waals surface area contributed by atoms with Crippen LogP contribution in [-0.4, -0.2) is 53.6 Å². The Morgan fingerprint density at radius 2 is 2.20 bits per heavy atom. The number of aliphatic carboxylic acids is 1. The number of hydrogen-bond acceptors (Lipinski definition) is 3. The molecule has 0 aromatic heterocycles. The van der Waals surface area contributed by atoms with Crippen LogP contribution in [0.4, 0.5) is 4.79 Å². The van der Waals surface area contributed by atoms with Gasteiger partial charge in [-0.1, -0.05) is 6.92 Å². The Morgan fingerprint density at radius 3 is 2.80 bits per heavy atom. The van der Waals surface area contributed by atoms with E-state index in [2.05, 4.69) is 17.6 Å². The van der Waals surface area contributed by atoms with Gasteiger partial charge in [0.05, 0.1) is 6.42 Å². The quantitative estimate of drug-likeness (QED) is 0.662. The summed E-state index contributed by atoms with van der Waals surface area (Å²) < 4.78 is 0. The number of hydrogen-bond donors (Lipinski definition) is 3. The minimum absolute atomic E-state index is 0.341. The summed E-state index contributed by atoms with van der Waals surface area (Å²) in [5, 5.41) is 14.2. The number of piperazine rings is 1. The van der Waals surface area contributed by atoms with Crippen LogP contribution in [0.15, 0.2) is 0 Å². The Bertz CT molecular complexity index is 408. The summed E-state index contributed by atoms with van der Waals surface area (Å²) in [5.74, 6) is -0.370. The summed E-state index contributed by atoms with van der Waals surface area (Å²) in [4.78, 5) is 36.0. The molecule has 7 heteroatoms. The molecule has 0 spiro atoms. The molecule has 20 heavy (non-hydrogen) atoms. The molecule has 1 saturated heterocycles. The number of carbonyl (C=O) groups excluding carboxylic acids is 2. The van der Waals surface area contributed by atoms with Gasteiger partial charge in [-0.15, -0.1) is 0 Å². The highest BCUT2D eigenvalue weighted by atomic mass is 16.4. The first-order valence-electron chi connectivity index (χ1n) is 7.03. The first kappa shape index (κ1) is 14.6. The third kappa shape index (κ3) is 3.61. The molecule has 1 heterocycles. The number of nitrogens with one attached hydrogen (secondary N) is 2. The van der Waals surface area contributed by atoms with Crippen LogP contribution in [0.2, 0.25) is 0 Å². The van der Waals surface area contributed by atoms with Gasteiger partial charge in [-0.3, -0.25) is 9.59 Å². The van der Waals surface area contributed by atoms with Gasteiger partial charge in [-0.05, 0) is 24.7 Å². The monoisotopic (exact) mass is 283 g/mol. The molecule has 0 aromatic rings. The fourth-order valence-corrected chi connectivity index (χ4v) is 2.51. The molecular weight excluding hydrogens is 262 g/mol. The van der Waals surface area contributed by atoms with Crippen LogP contribution in [0.3, 0.4) is 0 Å². The molecule has 112 valence electrons. The van der Waals surface area contributed by atoms with Crippen LogP contribution in [0, 0.1) is 11.8 Å². The van der Waals surface area contributed by atoms with Crippen molar-refractivity contribution in [2.24, 2.45) is 11.8 Å². The van der Waals surface area contributed by atoms with Gasteiger partial charge in [-0.25, -0.2) is 4.79 Å². The number of amides is 3. The van der Waals surface area contributed by atoms with Crippen molar-refractivity contribution in [3.8, 4) is 0 Å². The Labute approximate surface area is 117 Å². The molecule has 2 fully saturated rings. The van der Waals surface area contributed by atoms with Crippen LogP contribution in [0.25, 0.3) is 0 Å². The van der Waals surface area contributed by atoms with Crippen molar-refractivity contribution in [3.63, 3.8) is 0 Å². The summed E-state index contributed by atoms with van der Waals surface area (Å²) >= 11 is 0. The second kappa shape index (κ2) is 6.11. The summed E-state index contributed by atoms with van der Waals surface area (Å²) in [6, 6.07) is -1.27. The number of carbonyl (C=O) groups is 3. The lowest BCUT2D eigenvalue weighted by molar-refractivity contribution is -0.142. The molecule has 3 N–H and O–H groups in total. The highest BCUT2D eigenvalue weighted by molar-refractivity contribution is 5.91. The number of nitrogens with zero attached hydrogens (tertiary/aromatic N) is 1. The van der Waals surface area contributed by atoms with E-state index in [0.717, 1.165) is 0 Å². The zero-order valence-corrected chi connectivity index (χ0v) is 11.6. The molecule has 1 aliphatic heterocycles. The zero-order valence-electron chi connectivity index (χ0n) is 11.6. The molecule has 2 aliphatic rings. The molecule has 1 saturated carbocycles. The SMILES string of the molecule is CC(CNC(=O)N1CCNC(=O)C1CC(=O)O)C1CC1. The lowest BCUT2D eigenvalue weighted by Crippen LogP contribution is -2.60. The van der Waals surface area contributed by atoms with E-state index in [1.165, 1.54) is 17.7 Å². The van der Waals surface area contributed by atoms with Crippen molar-refractivity contribution in [1.29, 1.82) is 0 Å².